The Morgan fingerprint density at radius 1 is 0.912 bits per heavy atom. The maximum absolute atomic E-state index is 13.1. The molecule has 0 aliphatic heterocycles. The van der Waals surface area contributed by atoms with Crippen LogP contribution in [0.4, 0.5) is 0 Å². The summed E-state index contributed by atoms with van der Waals surface area (Å²) < 4.78 is 10.7. The van der Waals surface area contributed by atoms with Gasteiger partial charge in [-0.2, -0.15) is 0 Å². The van der Waals surface area contributed by atoms with E-state index in [4.69, 9.17) is 9.47 Å². The van der Waals surface area contributed by atoms with Gasteiger partial charge in [0, 0.05) is 17.9 Å². The molecule has 178 valence electrons. The third-order valence-electron chi connectivity index (χ3n) is 5.25. The maximum atomic E-state index is 13.1. The Morgan fingerprint density at radius 3 is 2.26 bits per heavy atom. The van der Waals surface area contributed by atoms with E-state index in [2.05, 4.69) is 21.2 Å². The largest absolute Gasteiger partial charge is 0.493 e. The molecule has 34 heavy (non-hydrogen) atoms. The lowest BCUT2D eigenvalue weighted by Gasteiger charge is -2.21. The molecule has 0 aliphatic rings. The van der Waals surface area contributed by atoms with Crippen LogP contribution in [0.15, 0.2) is 48.5 Å². The number of fused-ring (bicyclic) bond motifs is 1. The van der Waals surface area contributed by atoms with Crippen molar-refractivity contribution in [2.24, 2.45) is 5.92 Å². The molecule has 0 saturated heterocycles. The van der Waals surface area contributed by atoms with Crippen LogP contribution in [0.2, 0.25) is 0 Å². The van der Waals surface area contributed by atoms with E-state index in [0.717, 1.165) is 5.56 Å². The van der Waals surface area contributed by atoms with Crippen molar-refractivity contribution in [2.45, 2.75) is 26.8 Å². The molecule has 9 heteroatoms. The lowest BCUT2D eigenvalue weighted by atomic mass is 10.0. The van der Waals surface area contributed by atoms with Gasteiger partial charge in [-0.15, -0.1) is 0 Å². The monoisotopic (exact) mass is 464 g/mol. The number of hydrazine groups is 1. The molecule has 0 spiro atoms. The fraction of sp³-hybridized carbons (Fsp3) is 0.280. The van der Waals surface area contributed by atoms with Crippen molar-refractivity contribution in [2.75, 3.05) is 14.2 Å². The summed E-state index contributed by atoms with van der Waals surface area (Å²) >= 11 is 0. The highest BCUT2D eigenvalue weighted by Gasteiger charge is 2.24. The number of ether oxygens (including phenoxy) is 2. The Hall–Kier alpha value is -4.14. The van der Waals surface area contributed by atoms with Crippen molar-refractivity contribution in [3.05, 3.63) is 54.1 Å². The number of carbonyl (C=O) groups is 3. The van der Waals surface area contributed by atoms with Crippen molar-refractivity contribution < 1.29 is 23.9 Å². The molecule has 3 N–H and O–H groups in total. The van der Waals surface area contributed by atoms with Crippen LogP contribution in [0, 0.1) is 5.92 Å². The van der Waals surface area contributed by atoms with E-state index in [0.29, 0.717) is 33.7 Å². The normalized spacial score (nSPS) is 11.6. The predicted octanol–water partition coefficient (Wildman–Crippen LogP) is 2.84. The first-order valence-corrected chi connectivity index (χ1v) is 10.7. The fourth-order valence-corrected chi connectivity index (χ4v) is 3.52. The molecule has 0 saturated carbocycles. The molecule has 1 heterocycles. The summed E-state index contributed by atoms with van der Waals surface area (Å²) in [5, 5.41) is 3.21. The number of aromatic nitrogens is 1. The highest BCUT2D eigenvalue weighted by atomic mass is 16.5. The first kappa shape index (κ1) is 24.5. The molecule has 3 rings (SSSR count). The molecular weight excluding hydrogens is 436 g/mol. The van der Waals surface area contributed by atoms with Gasteiger partial charge in [0.05, 0.1) is 31.0 Å². The van der Waals surface area contributed by atoms with E-state index in [1.807, 2.05) is 12.1 Å². The van der Waals surface area contributed by atoms with Crippen LogP contribution >= 0.6 is 0 Å². The van der Waals surface area contributed by atoms with Gasteiger partial charge in [0.25, 0.3) is 11.8 Å². The van der Waals surface area contributed by atoms with Gasteiger partial charge >= 0.3 is 0 Å². The molecular formula is C25H28N4O5. The lowest BCUT2D eigenvalue weighted by Crippen LogP contribution is -2.54. The maximum Gasteiger partial charge on any atom is 0.270 e. The van der Waals surface area contributed by atoms with Gasteiger partial charge in [-0.05, 0) is 36.2 Å². The third-order valence-corrected chi connectivity index (χ3v) is 5.25. The van der Waals surface area contributed by atoms with Crippen LogP contribution in [0.3, 0.4) is 0 Å². The average molecular weight is 465 g/mol. The molecule has 0 fully saturated rings. The molecule has 3 aromatic rings. The summed E-state index contributed by atoms with van der Waals surface area (Å²) in [5.74, 6) is -0.423. The quantitative estimate of drug-likeness (QED) is 0.463. The SMILES string of the molecule is COc1ccc(-c2cc(C(=O)NNC(=O)C(NC(C)=O)C(C)C)c3ccccc3n2)cc1OC. The Bertz CT molecular complexity index is 1230. The number of hydrogen-bond acceptors (Lipinski definition) is 6. The number of nitrogens with one attached hydrogen (secondary N) is 3. The summed E-state index contributed by atoms with van der Waals surface area (Å²) in [6, 6.07) is 13.5. The van der Waals surface area contributed by atoms with Gasteiger partial charge in [0.2, 0.25) is 5.91 Å². The zero-order chi connectivity index (χ0) is 24.8. The zero-order valence-corrected chi connectivity index (χ0v) is 19.8. The summed E-state index contributed by atoms with van der Waals surface area (Å²) in [4.78, 5) is 41.8. The van der Waals surface area contributed by atoms with Crippen LogP contribution in [0.5, 0.6) is 11.5 Å². The standard InChI is InChI=1S/C25H28N4O5/c1-14(2)23(26-15(3)30)25(32)29-28-24(31)18-13-20(27-19-9-7-6-8-17(18)19)16-10-11-21(33-4)22(12-16)34-5/h6-14,23H,1-5H3,(H,26,30)(H,28,31)(H,29,32). The number of methoxy groups -OCH3 is 2. The van der Waals surface area contributed by atoms with Gasteiger partial charge in [-0.1, -0.05) is 32.0 Å². The summed E-state index contributed by atoms with van der Waals surface area (Å²) in [7, 11) is 3.10. The van der Waals surface area contributed by atoms with Crippen LogP contribution in [0.25, 0.3) is 22.2 Å². The molecule has 0 radical (unpaired) electrons. The first-order valence-electron chi connectivity index (χ1n) is 10.7. The van der Waals surface area contributed by atoms with E-state index >= 15 is 0 Å². The van der Waals surface area contributed by atoms with Crippen molar-refractivity contribution >= 4 is 28.6 Å². The Balaban J connectivity index is 1.93. The molecule has 1 atom stereocenters. The molecule has 0 aliphatic carbocycles. The fourth-order valence-electron chi connectivity index (χ4n) is 3.52. The minimum Gasteiger partial charge on any atom is -0.493 e. The summed E-state index contributed by atoms with van der Waals surface area (Å²) in [6.07, 6.45) is 0. The molecule has 1 unspecified atom stereocenters. The second kappa shape index (κ2) is 10.7. The Morgan fingerprint density at radius 2 is 1.62 bits per heavy atom. The van der Waals surface area contributed by atoms with Crippen molar-refractivity contribution in [1.82, 2.24) is 21.2 Å². The van der Waals surface area contributed by atoms with E-state index in [9.17, 15) is 14.4 Å². The van der Waals surface area contributed by atoms with E-state index in [-0.39, 0.29) is 11.8 Å². The van der Waals surface area contributed by atoms with Crippen molar-refractivity contribution in [1.29, 1.82) is 0 Å². The van der Waals surface area contributed by atoms with E-state index < -0.39 is 17.9 Å². The smallest absolute Gasteiger partial charge is 0.270 e. The summed E-state index contributed by atoms with van der Waals surface area (Å²) in [6.45, 7) is 4.93. The van der Waals surface area contributed by atoms with Crippen LogP contribution in [-0.4, -0.2) is 43.0 Å². The molecule has 0 bridgehead atoms. The van der Waals surface area contributed by atoms with E-state index in [1.54, 1.807) is 64.5 Å². The van der Waals surface area contributed by atoms with Gasteiger partial charge in [0.15, 0.2) is 11.5 Å². The minimum absolute atomic E-state index is 0.167. The first-order chi connectivity index (χ1) is 16.2. The number of amides is 3. The van der Waals surface area contributed by atoms with Crippen LogP contribution in [-0.2, 0) is 9.59 Å². The third kappa shape index (κ3) is 5.43. The molecule has 2 aromatic carbocycles. The minimum atomic E-state index is -0.783. The molecule has 1 aromatic heterocycles. The Labute approximate surface area is 197 Å². The summed E-state index contributed by atoms with van der Waals surface area (Å²) in [5.41, 5.74) is 7.10. The number of nitrogens with zero attached hydrogens (tertiary/aromatic N) is 1. The van der Waals surface area contributed by atoms with Crippen molar-refractivity contribution in [3.8, 4) is 22.8 Å². The number of carbonyl (C=O) groups excluding carboxylic acids is 3. The number of pyridine rings is 1. The number of benzene rings is 2. The lowest BCUT2D eigenvalue weighted by molar-refractivity contribution is -0.129. The van der Waals surface area contributed by atoms with Gasteiger partial charge in [-0.25, -0.2) is 4.98 Å². The van der Waals surface area contributed by atoms with Crippen molar-refractivity contribution in [3.63, 3.8) is 0 Å². The van der Waals surface area contributed by atoms with Gasteiger partial charge < -0.3 is 14.8 Å². The topological polar surface area (TPSA) is 119 Å². The average Bonchev–Trinajstić information content (AvgIpc) is 2.84. The highest BCUT2D eigenvalue weighted by Crippen LogP contribution is 2.33. The second-order valence-corrected chi connectivity index (χ2v) is 8.01. The van der Waals surface area contributed by atoms with Gasteiger partial charge in [0.1, 0.15) is 6.04 Å². The van der Waals surface area contributed by atoms with E-state index in [1.165, 1.54) is 6.92 Å². The highest BCUT2D eigenvalue weighted by molar-refractivity contribution is 6.07. The van der Waals surface area contributed by atoms with Crippen LogP contribution < -0.4 is 25.6 Å². The molecule has 9 nitrogen and oxygen atoms in total. The zero-order valence-electron chi connectivity index (χ0n) is 19.8. The Kier molecular flexibility index (Phi) is 7.68. The predicted molar refractivity (Wildman–Crippen MR) is 128 cm³/mol. The second-order valence-electron chi connectivity index (χ2n) is 8.01. The number of para-hydroxylation sites is 1. The van der Waals surface area contributed by atoms with Crippen LogP contribution in [0.1, 0.15) is 31.1 Å². The van der Waals surface area contributed by atoms with Gasteiger partial charge in [-0.3, -0.25) is 25.2 Å². The number of rotatable bonds is 7. The number of hydrogen-bond donors (Lipinski definition) is 3. The molecule has 3 amide bonds.